The van der Waals surface area contributed by atoms with E-state index in [9.17, 15) is 13.2 Å². The number of anilines is 1. The fourth-order valence-electron chi connectivity index (χ4n) is 3.22. The fraction of sp³-hybridized carbons (Fsp3) is 0.350. The van der Waals surface area contributed by atoms with Crippen LogP contribution in [0.25, 0.3) is 0 Å². The van der Waals surface area contributed by atoms with E-state index in [4.69, 9.17) is 4.74 Å². The lowest BCUT2D eigenvalue weighted by atomic mass is 10.2. The van der Waals surface area contributed by atoms with Crippen LogP contribution in [-0.2, 0) is 14.8 Å². The maximum atomic E-state index is 12.7. The summed E-state index contributed by atoms with van der Waals surface area (Å²) in [6.07, 6.45) is 0. The number of rotatable bonds is 6. The first kappa shape index (κ1) is 21.6. The number of carbonyl (C=O) groups excluding carboxylic acids is 1. The number of methoxy groups -OCH3 is 1. The largest absolute Gasteiger partial charge is 0.497 e. The number of piperazine rings is 1. The lowest BCUT2D eigenvalue weighted by Gasteiger charge is -2.37. The van der Waals surface area contributed by atoms with Crippen LogP contribution in [0, 0.1) is 0 Å². The number of hydrogen-bond acceptors (Lipinski definition) is 5. The van der Waals surface area contributed by atoms with E-state index in [2.05, 4.69) is 25.6 Å². The molecule has 0 spiro atoms. The minimum Gasteiger partial charge on any atom is -0.497 e. The first-order chi connectivity index (χ1) is 13.8. The minimum absolute atomic E-state index is 0.129. The molecule has 1 atom stereocenters. The van der Waals surface area contributed by atoms with Crippen LogP contribution in [0.3, 0.4) is 0 Å². The standard InChI is InChI=1S/C20H24BrN3O4S/c1-15(22-29(26,27)19-9-3-16(21)4-10-19)20(25)24-13-11-23(12-14-24)17-5-7-18(28-2)8-6-17/h3-10,15,22H,11-14H2,1-2H3. The molecule has 1 aliphatic heterocycles. The number of sulfonamides is 1. The van der Waals surface area contributed by atoms with E-state index in [-0.39, 0.29) is 10.8 Å². The molecule has 0 saturated carbocycles. The van der Waals surface area contributed by atoms with Gasteiger partial charge < -0.3 is 14.5 Å². The third-order valence-electron chi connectivity index (χ3n) is 4.86. The minimum atomic E-state index is -3.76. The summed E-state index contributed by atoms with van der Waals surface area (Å²) in [6, 6.07) is 13.3. The van der Waals surface area contributed by atoms with Crippen molar-refractivity contribution in [1.82, 2.24) is 9.62 Å². The Morgan fingerprint density at radius 2 is 1.62 bits per heavy atom. The molecule has 0 aliphatic carbocycles. The van der Waals surface area contributed by atoms with Crippen LogP contribution in [-0.4, -0.2) is 58.6 Å². The molecule has 1 fully saturated rings. The molecule has 1 saturated heterocycles. The Labute approximate surface area is 179 Å². The smallest absolute Gasteiger partial charge is 0.241 e. The molecule has 0 bridgehead atoms. The molecule has 1 aliphatic rings. The number of nitrogens with one attached hydrogen (secondary N) is 1. The zero-order valence-corrected chi connectivity index (χ0v) is 18.7. The van der Waals surface area contributed by atoms with E-state index in [1.54, 1.807) is 31.1 Å². The van der Waals surface area contributed by atoms with Gasteiger partial charge in [0.2, 0.25) is 15.9 Å². The summed E-state index contributed by atoms with van der Waals surface area (Å²) in [5.41, 5.74) is 1.07. The Morgan fingerprint density at radius 3 is 2.17 bits per heavy atom. The monoisotopic (exact) mass is 481 g/mol. The van der Waals surface area contributed by atoms with E-state index >= 15 is 0 Å². The second kappa shape index (κ2) is 9.15. The van der Waals surface area contributed by atoms with Crippen molar-refractivity contribution < 1.29 is 17.9 Å². The van der Waals surface area contributed by atoms with Crippen LogP contribution < -0.4 is 14.4 Å². The maximum absolute atomic E-state index is 12.7. The number of benzene rings is 2. The third-order valence-corrected chi connectivity index (χ3v) is 6.94. The van der Waals surface area contributed by atoms with Crippen molar-refractivity contribution >= 4 is 37.5 Å². The SMILES string of the molecule is COc1ccc(N2CCN(C(=O)C(C)NS(=O)(=O)c3ccc(Br)cc3)CC2)cc1. The van der Waals surface area contributed by atoms with Crippen molar-refractivity contribution in [2.24, 2.45) is 0 Å². The molecular formula is C20H24BrN3O4S. The van der Waals surface area contributed by atoms with Gasteiger partial charge in [-0.15, -0.1) is 0 Å². The van der Waals surface area contributed by atoms with Crippen LogP contribution in [0.4, 0.5) is 5.69 Å². The van der Waals surface area contributed by atoms with Crippen molar-refractivity contribution in [2.75, 3.05) is 38.2 Å². The first-order valence-corrected chi connectivity index (χ1v) is 11.5. The topological polar surface area (TPSA) is 79.0 Å². The van der Waals surface area contributed by atoms with Gasteiger partial charge in [-0.3, -0.25) is 4.79 Å². The van der Waals surface area contributed by atoms with Crippen LogP contribution in [0.1, 0.15) is 6.92 Å². The zero-order chi connectivity index (χ0) is 21.0. The highest BCUT2D eigenvalue weighted by atomic mass is 79.9. The van der Waals surface area contributed by atoms with E-state index in [0.717, 1.165) is 15.9 Å². The quantitative estimate of drug-likeness (QED) is 0.685. The van der Waals surface area contributed by atoms with Crippen molar-refractivity contribution in [3.8, 4) is 5.75 Å². The van der Waals surface area contributed by atoms with E-state index in [1.807, 2.05) is 24.3 Å². The summed E-state index contributed by atoms with van der Waals surface area (Å²) < 4.78 is 33.5. The highest BCUT2D eigenvalue weighted by Crippen LogP contribution is 2.21. The number of carbonyl (C=O) groups is 1. The summed E-state index contributed by atoms with van der Waals surface area (Å²) in [5.74, 6) is 0.578. The number of amides is 1. The Balaban J connectivity index is 1.57. The fourth-order valence-corrected chi connectivity index (χ4v) is 4.68. The van der Waals surface area contributed by atoms with E-state index in [0.29, 0.717) is 26.2 Å². The molecule has 156 valence electrons. The van der Waals surface area contributed by atoms with Crippen molar-refractivity contribution in [2.45, 2.75) is 17.9 Å². The highest BCUT2D eigenvalue weighted by molar-refractivity contribution is 9.10. The molecular weight excluding hydrogens is 458 g/mol. The van der Waals surface area contributed by atoms with Crippen LogP contribution in [0.15, 0.2) is 57.9 Å². The van der Waals surface area contributed by atoms with Crippen molar-refractivity contribution in [3.05, 3.63) is 53.0 Å². The molecule has 1 amide bonds. The Morgan fingerprint density at radius 1 is 1.03 bits per heavy atom. The van der Waals surface area contributed by atoms with Gasteiger partial charge in [0.15, 0.2) is 0 Å². The van der Waals surface area contributed by atoms with Gasteiger partial charge in [0, 0.05) is 36.3 Å². The van der Waals surface area contributed by atoms with Crippen LogP contribution in [0.5, 0.6) is 5.75 Å². The third kappa shape index (κ3) is 5.29. The van der Waals surface area contributed by atoms with Gasteiger partial charge in [-0.2, -0.15) is 4.72 Å². The molecule has 3 rings (SSSR count). The second-order valence-corrected chi connectivity index (χ2v) is 9.44. The first-order valence-electron chi connectivity index (χ1n) is 9.26. The molecule has 9 heteroatoms. The lowest BCUT2D eigenvalue weighted by molar-refractivity contribution is -0.132. The van der Waals surface area contributed by atoms with Gasteiger partial charge >= 0.3 is 0 Å². The highest BCUT2D eigenvalue weighted by Gasteiger charge is 2.28. The van der Waals surface area contributed by atoms with Gasteiger partial charge in [-0.05, 0) is 55.5 Å². The molecule has 7 nitrogen and oxygen atoms in total. The molecule has 0 aromatic heterocycles. The average Bonchev–Trinajstić information content (AvgIpc) is 2.73. The zero-order valence-electron chi connectivity index (χ0n) is 16.3. The van der Waals surface area contributed by atoms with Gasteiger partial charge in [0.25, 0.3) is 0 Å². The normalized spacial score (nSPS) is 15.8. The number of halogens is 1. The van der Waals surface area contributed by atoms with Gasteiger partial charge in [0.05, 0.1) is 18.0 Å². The van der Waals surface area contributed by atoms with Crippen molar-refractivity contribution in [1.29, 1.82) is 0 Å². The van der Waals surface area contributed by atoms with E-state index < -0.39 is 16.1 Å². The van der Waals surface area contributed by atoms with E-state index in [1.165, 1.54) is 12.1 Å². The Hall–Kier alpha value is -2.10. The molecule has 29 heavy (non-hydrogen) atoms. The summed E-state index contributed by atoms with van der Waals surface area (Å²) >= 11 is 3.28. The van der Waals surface area contributed by atoms with Crippen LogP contribution in [0.2, 0.25) is 0 Å². The summed E-state index contributed by atoms with van der Waals surface area (Å²) in [4.78, 5) is 16.8. The number of hydrogen-bond donors (Lipinski definition) is 1. The lowest BCUT2D eigenvalue weighted by Crippen LogP contribution is -2.54. The molecule has 2 aromatic carbocycles. The van der Waals surface area contributed by atoms with Crippen LogP contribution >= 0.6 is 15.9 Å². The summed E-state index contributed by atoms with van der Waals surface area (Å²) in [6.45, 7) is 4.02. The molecule has 1 heterocycles. The van der Waals surface area contributed by atoms with Gasteiger partial charge in [-0.1, -0.05) is 15.9 Å². The maximum Gasteiger partial charge on any atom is 0.241 e. The second-order valence-electron chi connectivity index (χ2n) is 6.81. The Bertz CT molecular complexity index is 941. The predicted molar refractivity (Wildman–Crippen MR) is 116 cm³/mol. The van der Waals surface area contributed by atoms with Gasteiger partial charge in [-0.25, -0.2) is 8.42 Å². The van der Waals surface area contributed by atoms with Gasteiger partial charge in [0.1, 0.15) is 5.75 Å². The summed E-state index contributed by atoms with van der Waals surface area (Å²) in [7, 11) is -2.13. The summed E-state index contributed by atoms with van der Waals surface area (Å²) in [5, 5.41) is 0. The molecule has 1 unspecified atom stereocenters. The molecule has 2 aromatic rings. The predicted octanol–water partition coefficient (Wildman–Crippen LogP) is 2.47. The number of ether oxygens (including phenoxy) is 1. The molecule has 0 radical (unpaired) electrons. The Kier molecular flexibility index (Phi) is 6.81. The number of nitrogens with zero attached hydrogens (tertiary/aromatic N) is 2. The van der Waals surface area contributed by atoms with Crippen molar-refractivity contribution in [3.63, 3.8) is 0 Å². The average molecular weight is 482 g/mol. The molecule has 1 N–H and O–H groups in total.